The van der Waals surface area contributed by atoms with E-state index in [-0.39, 0.29) is 5.91 Å². The monoisotopic (exact) mass is 323 g/mol. The summed E-state index contributed by atoms with van der Waals surface area (Å²) in [5, 5.41) is 2.99. The molecule has 2 aromatic rings. The van der Waals surface area contributed by atoms with Gasteiger partial charge in [0, 0.05) is 37.8 Å². The first-order chi connectivity index (χ1) is 11.8. The van der Waals surface area contributed by atoms with E-state index in [2.05, 4.69) is 34.5 Å². The molecule has 126 valence electrons. The lowest BCUT2D eigenvalue weighted by Gasteiger charge is -2.22. The molecule has 1 fully saturated rings. The summed E-state index contributed by atoms with van der Waals surface area (Å²) in [7, 11) is 0. The zero-order valence-corrected chi connectivity index (χ0v) is 13.9. The van der Waals surface area contributed by atoms with Crippen LogP contribution in [0.1, 0.15) is 30.4 Å². The van der Waals surface area contributed by atoms with Crippen LogP contribution in [0.5, 0.6) is 0 Å². The van der Waals surface area contributed by atoms with E-state index < -0.39 is 0 Å². The quantitative estimate of drug-likeness (QED) is 0.784. The van der Waals surface area contributed by atoms with Crippen LogP contribution in [0, 0.1) is 0 Å². The molecule has 3 rings (SSSR count). The topological polar surface area (TPSA) is 58.4 Å². The lowest BCUT2D eigenvalue weighted by atomic mass is 10.1. The van der Waals surface area contributed by atoms with Crippen molar-refractivity contribution >= 4 is 11.6 Å². The molecule has 1 amide bonds. The molecule has 0 unspecified atom stereocenters. The number of hydrogen-bond donors (Lipinski definition) is 2. The summed E-state index contributed by atoms with van der Waals surface area (Å²) in [6.45, 7) is 2.13. The van der Waals surface area contributed by atoms with Crippen LogP contribution in [-0.2, 0) is 17.9 Å². The largest absolute Gasteiger partial charge is 0.326 e. The van der Waals surface area contributed by atoms with E-state index in [4.69, 9.17) is 5.73 Å². The number of carbonyl (C=O) groups is 1. The Hall–Kier alpha value is -2.17. The van der Waals surface area contributed by atoms with Crippen molar-refractivity contribution in [1.82, 2.24) is 4.90 Å². The number of benzene rings is 2. The molecule has 0 bridgehead atoms. The van der Waals surface area contributed by atoms with Crippen molar-refractivity contribution in [3.63, 3.8) is 0 Å². The fourth-order valence-electron chi connectivity index (χ4n) is 2.93. The number of rotatable bonds is 8. The second kappa shape index (κ2) is 8.08. The third kappa shape index (κ3) is 4.66. The molecule has 1 aliphatic rings. The Morgan fingerprint density at radius 3 is 2.50 bits per heavy atom. The van der Waals surface area contributed by atoms with Crippen LogP contribution in [-0.4, -0.2) is 23.4 Å². The fraction of sp³-hybridized carbons (Fsp3) is 0.350. The Balaban J connectivity index is 1.54. The molecular formula is C20H25N3O. The number of anilines is 1. The van der Waals surface area contributed by atoms with Gasteiger partial charge in [0.05, 0.1) is 0 Å². The van der Waals surface area contributed by atoms with Crippen LogP contribution in [0.15, 0.2) is 54.6 Å². The highest BCUT2D eigenvalue weighted by atomic mass is 16.1. The summed E-state index contributed by atoms with van der Waals surface area (Å²) >= 11 is 0. The van der Waals surface area contributed by atoms with Gasteiger partial charge < -0.3 is 11.1 Å². The third-order valence-corrected chi connectivity index (χ3v) is 4.43. The minimum atomic E-state index is 0.0506. The van der Waals surface area contributed by atoms with Gasteiger partial charge in [-0.2, -0.15) is 0 Å². The normalized spacial score (nSPS) is 13.9. The molecule has 0 aliphatic heterocycles. The molecule has 4 heteroatoms. The summed E-state index contributed by atoms with van der Waals surface area (Å²) in [6, 6.07) is 18.8. The van der Waals surface area contributed by atoms with Gasteiger partial charge in [-0.05, 0) is 30.0 Å². The number of hydrogen-bond acceptors (Lipinski definition) is 3. The summed E-state index contributed by atoms with van der Waals surface area (Å²) < 4.78 is 0. The molecule has 0 spiro atoms. The molecule has 0 radical (unpaired) electrons. The van der Waals surface area contributed by atoms with Gasteiger partial charge in [0.1, 0.15) is 0 Å². The highest BCUT2D eigenvalue weighted by molar-refractivity contribution is 5.91. The first-order valence-electron chi connectivity index (χ1n) is 8.62. The first-order valence-corrected chi connectivity index (χ1v) is 8.62. The minimum absolute atomic E-state index is 0.0506. The smallest absolute Gasteiger partial charge is 0.225 e. The van der Waals surface area contributed by atoms with Gasteiger partial charge in [-0.3, -0.25) is 9.69 Å². The average molecular weight is 323 g/mol. The van der Waals surface area contributed by atoms with Crippen molar-refractivity contribution in [3.8, 4) is 0 Å². The molecule has 3 N–H and O–H groups in total. The maximum Gasteiger partial charge on any atom is 0.225 e. The van der Waals surface area contributed by atoms with Gasteiger partial charge in [-0.1, -0.05) is 48.5 Å². The number of para-hydroxylation sites is 1. The standard InChI is InChI=1S/C20H25N3O/c21-14-17-8-4-5-9-19(17)22-20(24)12-13-23(18-10-11-18)15-16-6-2-1-3-7-16/h1-9,18H,10-15,21H2,(H,22,24). The molecule has 0 saturated heterocycles. The SMILES string of the molecule is NCc1ccccc1NC(=O)CCN(Cc1ccccc1)C1CC1. The van der Waals surface area contributed by atoms with Crippen LogP contribution < -0.4 is 11.1 Å². The Labute approximate surface area is 143 Å². The minimum Gasteiger partial charge on any atom is -0.326 e. The number of amides is 1. The molecule has 24 heavy (non-hydrogen) atoms. The van der Waals surface area contributed by atoms with Gasteiger partial charge in [0.25, 0.3) is 0 Å². The Morgan fingerprint density at radius 1 is 1.08 bits per heavy atom. The highest BCUT2D eigenvalue weighted by Gasteiger charge is 2.29. The predicted molar refractivity (Wildman–Crippen MR) is 97.5 cm³/mol. The van der Waals surface area contributed by atoms with Crippen molar-refractivity contribution in [2.75, 3.05) is 11.9 Å². The average Bonchev–Trinajstić information content (AvgIpc) is 3.45. The predicted octanol–water partition coefficient (Wildman–Crippen LogP) is 3.14. The number of nitrogens with two attached hydrogens (primary N) is 1. The van der Waals surface area contributed by atoms with Crippen molar-refractivity contribution in [2.24, 2.45) is 5.73 Å². The summed E-state index contributed by atoms with van der Waals surface area (Å²) in [5.74, 6) is 0.0506. The van der Waals surface area contributed by atoms with E-state index in [9.17, 15) is 4.79 Å². The van der Waals surface area contributed by atoms with Crippen LogP contribution in [0.2, 0.25) is 0 Å². The third-order valence-electron chi connectivity index (χ3n) is 4.43. The maximum atomic E-state index is 12.3. The van der Waals surface area contributed by atoms with Crippen molar-refractivity contribution in [3.05, 3.63) is 65.7 Å². The van der Waals surface area contributed by atoms with E-state index in [0.29, 0.717) is 19.0 Å². The first kappa shape index (κ1) is 16.7. The van der Waals surface area contributed by atoms with Gasteiger partial charge in [0.2, 0.25) is 5.91 Å². The van der Waals surface area contributed by atoms with E-state index in [1.54, 1.807) is 0 Å². The zero-order chi connectivity index (χ0) is 16.8. The number of nitrogens with one attached hydrogen (secondary N) is 1. The maximum absolute atomic E-state index is 12.3. The molecule has 1 saturated carbocycles. The van der Waals surface area contributed by atoms with E-state index in [0.717, 1.165) is 24.3 Å². The lowest BCUT2D eigenvalue weighted by molar-refractivity contribution is -0.116. The molecule has 0 aromatic heterocycles. The molecule has 4 nitrogen and oxygen atoms in total. The number of nitrogens with zero attached hydrogens (tertiary/aromatic N) is 1. The highest BCUT2D eigenvalue weighted by Crippen LogP contribution is 2.28. The second-order valence-corrected chi connectivity index (χ2v) is 6.35. The Morgan fingerprint density at radius 2 is 1.79 bits per heavy atom. The van der Waals surface area contributed by atoms with Crippen LogP contribution in [0.25, 0.3) is 0 Å². The fourth-order valence-corrected chi connectivity index (χ4v) is 2.93. The Kier molecular flexibility index (Phi) is 5.62. The Bertz CT molecular complexity index is 668. The van der Waals surface area contributed by atoms with E-state index in [1.807, 2.05) is 30.3 Å². The zero-order valence-electron chi connectivity index (χ0n) is 13.9. The second-order valence-electron chi connectivity index (χ2n) is 6.35. The van der Waals surface area contributed by atoms with Gasteiger partial charge >= 0.3 is 0 Å². The molecule has 1 aliphatic carbocycles. The van der Waals surface area contributed by atoms with Crippen LogP contribution in [0.4, 0.5) is 5.69 Å². The lowest BCUT2D eigenvalue weighted by Crippen LogP contribution is -2.29. The molecule has 0 atom stereocenters. The summed E-state index contributed by atoms with van der Waals surface area (Å²) in [5.41, 5.74) is 8.82. The van der Waals surface area contributed by atoms with Crippen molar-refractivity contribution in [1.29, 1.82) is 0 Å². The molecule has 2 aromatic carbocycles. The van der Waals surface area contributed by atoms with Crippen molar-refractivity contribution in [2.45, 2.75) is 38.4 Å². The molecular weight excluding hydrogens is 298 g/mol. The number of carbonyl (C=O) groups excluding carboxylic acids is 1. The van der Waals surface area contributed by atoms with Gasteiger partial charge in [0.15, 0.2) is 0 Å². The van der Waals surface area contributed by atoms with Crippen LogP contribution in [0.3, 0.4) is 0 Å². The van der Waals surface area contributed by atoms with E-state index >= 15 is 0 Å². The summed E-state index contributed by atoms with van der Waals surface area (Å²) in [6.07, 6.45) is 2.98. The summed E-state index contributed by atoms with van der Waals surface area (Å²) in [4.78, 5) is 14.7. The van der Waals surface area contributed by atoms with Gasteiger partial charge in [-0.15, -0.1) is 0 Å². The van der Waals surface area contributed by atoms with Crippen molar-refractivity contribution < 1.29 is 4.79 Å². The van der Waals surface area contributed by atoms with E-state index in [1.165, 1.54) is 18.4 Å². The van der Waals surface area contributed by atoms with Crippen LogP contribution >= 0.6 is 0 Å². The molecule has 0 heterocycles. The van der Waals surface area contributed by atoms with Gasteiger partial charge in [-0.25, -0.2) is 0 Å².